The van der Waals surface area contributed by atoms with Crippen LogP contribution in [0.4, 0.5) is 10.5 Å². The van der Waals surface area contributed by atoms with Crippen LogP contribution in [0, 0.1) is 0 Å². The highest BCUT2D eigenvalue weighted by atomic mass is 16.4. The van der Waals surface area contributed by atoms with Gasteiger partial charge in [0.1, 0.15) is 6.04 Å². The highest BCUT2D eigenvalue weighted by molar-refractivity contribution is 5.96. The first-order chi connectivity index (χ1) is 8.08. The molecule has 1 saturated heterocycles. The summed E-state index contributed by atoms with van der Waals surface area (Å²) in [6.07, 6.45) is 3.43. The van der Waals surface area contributed by atoms with Crippen molar-refractivity contribution in [3.63, 3.8) is 0 Å². The molecule has 0 saturated carbocycles. The number of carbonyl (C=O) groups is 2. The number of nitrogens with zero attached hydrogens (tertiary/aromatic N) is 3. The number of hydrogen-bond donors (Lipinski definition) is 2. The van der Waals surface area contributed by atoms with Crippen molar-refractivity contribution in [3.05, 3.63) is 12.4 Å². The van der Waals surface area contributed by atoms with Gasteiger partial charge >= 0.3 is 6.09 Å². The first-order valence-electron chi connectivity index (χ1n) is 5.37. The van der Waals surface area contributed by atoms with E-state index < -0.39 is 12.1 Å². The number of hydrogen-bond acceptors (Lipinski definition) is 3. The average Bonchev–Trinajstić information content (AvgIpc) is 2.86. The molecule has 0 radical (unpaired) electrons. The minimum atomic E-state index is -1.05. The summed E-state index contributed by atoms with van der Waals surface area (Å²) in [6.45, 7) is 0.417. The summed E-state index contributed by atoms with van der Waals surface area (Å²) < 4.78 is 1.57. The topological polar surface area (TPSA) is 87.5 Å². The Balaban J connectivity index is 2.02. The Morgan fingerprint density at radius 2 is 2.35 bits per heavy atom. The van der Waals surface area contributed by atoms with E-state index in [2.05, 4.69) is 10.4 Å². The predicted octanol–water partition coefficient (Wildman–Crippen LogP) is 0.501. The van der Waals surface area contributed by atoms with Gasteiger partial charge in [-0.05, 0) is 12.8 Å². The molecule has 1 atom stereocenters. The third kappa shape index (κ3) is 2.38. The highest BCUT2D eigenvalue weighted by Crippen LogP contribution is 2.18. The maximum Gasteiger partial charge on any atom is 0.407 e. The fourth-order valence-electron chi connectivity index (χ4n) is 1.98. The van der Waals surface area contributed by atoms with Gasteiger partial charge in [-0.1, -0.05) is 0 Å². The van der Waals surface area contributed by atoms with E-state index >= 15 is 0 Å². The van der Waals surface area contributed by atoms with E-state index in [0.29, 0.717) is 18.7 Å². The molecule has 7 nitrogen and oxygen atoms in total. The molecule has 1 aliphatic rings. The smallest absolute Gasteiger partial charge is 0.407 e. The van der Waals surface area contributed by atoms with Crippen LogP contribution in [0.15, 0.2) is 12.4 Å². The monoisotopic (exact) mass is 238 g/mol. The molecule has 0 aliphatic carbocycles. The third-order valence-corrected chi connectivity index (χ3v) is 2.77. The summed E-state index contributed by atoms with van der Waals surface area (Å²) in [5, 5.41) is 15.5. The highest BCUT2D eigenvalue weighted by Gasteiger charge is 2.34. The lowest BCUT2D eigenvalue weighted by atomic mass is 10.2. The van der Waals surface area contributed by atoms with Crippen molar-refractivity contribution < 1.29 is 14.7 Å². The van der Waals surface area contributed by atoms with Crippen LogP contribution < -0.4 is 5.32 Å². The van der Waals surface area contributed by atoms with Gasteiger partial charge in [0.2, 0.25) is 5.91 Å². The van der Waals surface area contributed by atoms with Gasteiger partial charge in [-0.25, -0.2) is 4.79 Å². The fourth-order valence-corrected chi connectivity index (χ4v) is 1.98. The van der Waals surface area contributed by atoms with E-state index in [1.54, 1.807) is 17.9 Å². The van der Waals surface area contributed by atoms with Crippen molar-refractivity contribution in [2.75, 3.05) is 11.9 Å². The minimum Gasteiger partial charge on any atom is -0.465 e. The minimum absolute atomic E-state index is 0.294. The number of amides is 2. The first-order valence-corrected chi connectivity index (χ1v) is 5.37. The number of aryl methyl sites for hydroxylation is 1. The van der Waals surface area contributed by atoms with Crippen LogP contribution in [-0.4, -0.2) is 44.4 Å². The van der Waals surface area contributed by atoms with Crippen molar-refractivity contribution in [3.8, 4) is 0 Å². The van der Waals surface area contributed by atoms with E-state index in [0.717, 1.165) is 6.42 Å². The summed E-state index contributed by atoms with van der Waals surface area (Å²) in [6, 6.07) is -0.590. The molecule has 2 rings (SSSR count). The SMILES string of the molecule is Cn1cc(NC(=O)C2CCCN2C(=O)O)cn1. The number of aromatic nitrogens is 2. The van der Waals surface area contributed by atoms with Gasteiger partial charge in [0, 0.05) is 19.8 Å². The largest absolute Gasteiger partial charge is 0.465 e. The molecule has 0 spiro atoms. The zero-order valence-electron chi connectivity index (χ0n) is 9.46. The molecule has 17 heavy (non-hydrogen) atoms. The molecule has 1 aliphatic heterocycles. The number of likely N-dealkylation sites (tertiary alicyclic amines) is 1. The van der Waals surface area contributed by atoms with E-state index in [-0.39, 0.29) is 5.91 Å². The molecule has 1 unspecified atom stereocenters. The zero-order valence-corrected chi connectivity index (χ0v) is 9.46. The van der Waals surface area contributed by atoms with Gasteiger partial charge in [0.05, 0.1) is 11.9 Å². The maximum absolute atomic E-state index is 11.9. The molecule has 2 amide bonds. The van der Waals surface area contributed by atoms with Gasteiger partial charge in [-0.15, -0.1) is 0 Å². The second-order valence-electron chi connectivity index (χ2n) is 4.03. The summed E-state index contributed by atoms with van der Waals surface area (Å²) >= 11 is 0. The molecule has 2 N–H and O–H groups in total. The molecule has 0 aromatic carbocycles. The Morgan fingerprint density at radius 1 is 1.59 bits per heavy atom. The van der Waals surface area contributed by atoms with Gasteiger partial charge in [0.15, 0.2) is 0 Å². The van der Waals surface area contributed by atoms with Crippen molar-refractivity contribution in [2.45, 2.75) is 18.9 Å². The second-order valence-corrected chi connectivity index (χ2v) is 4.03. The first kappa shape index (κ1) is 11.4. The van der Waals surface area contributed by atoms with Crippen molar-refractivity contribution >= 4 is 17.7 Å². The summed E-state index contributed by atoms with van der Waals surface area (Å²) in [5.74, 6) is -0.294. The van der Waals surface area contributed by atoms with Crippen LogP contribution >= 0.6 is 0 Å². The van der Waals surface area contributed by atoms with Gasteiger partial charge in [0.25, 0.3) is 0 Å². The number of nitrogens with one attached hydrogen (secondary N) is 1. The summed E-state index contributed by atoms with van der Waals surface area (Å²) in [7, 11) is 1.74. The second kappa shape index (κ2) is 4.44. The molecule has 0 bridgehead atoms. The van der Waals surface area contributed by atoms with Gasteiger partial charge in [-0.2, -0.15) is 5.10 Å². The van der Waals surface area contributed by atoms with Crippen LogP contribution in [0.5, 0.6) is 0 Å². The lowest BCUT2D eigenvalue weighted by Gasteiger charge is -2.20. The zero-order chi connectivity index (χ0) is 12.4. The quantitative estimate of drug-likeness (QED) is 0.785. The standard InChI is InChI=1S/C10H14N4O3/c1-13-6-7(5-11-13)12-9(15)8-3-2-4-14(8)10(16)17/h5-6,8H,2-4H2,1H3,(H,12,15)(H,16,17). The lowest BCUT2D eigenvalue weighted by Crippen LogP contribution is -2.42. The Bertz CT molecular complexity index is 443. The Kier molecular flexibility index (Phi) is 2.99. The van der Waals surface area contributed by atoms with E-state index in [4.69, 9.17) is 5.11 Å². The van der Waals surface area contributed by atoms with Crippen LogP contribution in [0.1, 0.15) is 12.8 Å². The molecule has 1 aromatic rings. The number of anilines is 1. The maximum atomic E-state index is 11.9. The van der Waals surface area contributed by atoms with E-state index in [1.807, 2.05) is 0 Å². The van der Waals surface area contributed by atoms with Crippen LogP contribution in [0.25, 0.3) is 0 Å². The normalized spacial score (nSPS) is 19.4. The van der Waals surface area contributed by atoms with Gasteiger partial charge < -0.3 is 10.4 Å². The van der Waals surface area contributed by atoms with Crippen LogP contribution in [-0.2, 0) is 11.8 Å². The van der Waals surface area contributed by atoms with E-state index in [9.17, 15) is 9.59 Å². The van der Waals surface area contributed by atoms with Gasteiger partial charge in [-0.3, -0.25) is 14.4 Å². The molecule has 1 fully saturated rings. The number of carbonyl (C=O) groups excluding carboxylic acids is 1. The predicted molar refractivity (Wildman–Crippen MR) is 59.6 cm³/mol. The Labute approximate surface area is 98.0 Å². The Morgan fingerprint density at radius 3 is 2.94 bits per heavy atom. The third-order valence-electron chi connectivity index (χ3n) is 2.77. The molecule has 7 heteroatoms. The van der Waals surface area contributed by atoms with Crippen molar-refractivity contribution in [1.29, 1.82) is 0 Å². The number of rotatable bonds is 2. The summed E-state index contributed by atoms with van der Waals surface area (Å²) in [5.41, 5.74) is 0.578. The average molecular weight is 238 g/mol. The Hall–Kier alpha value is -2.05. The molecule has 1 aromatic heterocycles. The fraction of sp³-hybridized carbons (Fsp3) is 0.500. The molecule has 92 valence electrons. The van der Waals surface area contributed by atoms with Crippen molar-refractivity contribution in [1.82, 2.24) is 14.7 Å². The van der Waals surface area contributed by atoms with Crippen LogP contribution in [0.3, 0.4) is 0 Å². The van der Waals surface area contributed by atoms with E-state index in [1.165, 1.54) is 11.1 Å². The summed E-state index contributed by atoms with van der Waals surface area (Å²) in [4.78, 5) is 24.0. The lowest BCUT2D eigenvalue weighted by molar-refractivity contribution is -0.119. The molecular formula is C10H14N4O3. The van der Waals surface area contributed by atoms with Crippen LogP contribution in [0.2, 0.25) is 0 Å². The molecule has 2 heterocycles. The number of carboxylic acid groups (broad SMARTS) is 1. The molecular weight excluding hydrogens is 224 g/mol. The van der Waals surface area contributed by atoms with Crippen molar-refractivity contribution in [2.24, 2.45) is 7.05 Å².